The Bertz CT molecular complexity index is 206. The van der Waals surface area contributed by atoms with Crippen LogP contribution in [0.25, 0.3) is 0 Å². The van der Waals surface area contributed by atoms with Gasteiger partial charge in [0, 0.05) is 13.1 Å². The van der Waals surface area contributed by atoms with Gasteiger partial charge < -0.3 is 10.1 Å². The van der Waals surface area contributed by atoms with Crippen LogP contribution >= 0.6 is 0 Å². The summed E-state index contributed by atoms with van der Waals surface area (Å²) in [5, 5.41) is 3.50. The van der Waals surface area contributed by atoms with E-state index in [4.69, 9.17) is 4.74 Å². The molecule has 3 atom stereocenters. The molecule has 3 nitrogen and oxygen atoms in total. The van der Waals surface area contributed by atoms with Crippen LogP contribution in [0.3, 0.4) is 0 Å². The number of hydrogen-bond donors (Lipinski definition) is 1. The number of piperidine rings is 1. The molecule has 0 aliphatic carbocycles. The van der Waals surface area contributed by atoms with Crippen molar-refractivity contribution in [1.82, 2.24) is 10.2 Å². The lowest BCUT2D eigenvalue weighted by atomic mass is 9.94. The first kappa shape index (κ1) is 13.3. The Hall–Kier alpha value is -0.120. The van der Waals surface area contributed by atoms with Gasteiger partial charge in [0.25, 0.3) is 0 Å². The molecule has 2 rings (SSSR count). The minimum atomic E-state index is 0.412. The number of nitrogens with zero attached hydrogens (tertiary/aromatic N) is 1. The lowest BCUT2D eigenvalue weighted by molar-refractivity contribution is -0.0683. The predicted molar refractivity (Wildman–Crippen MR) is 71.3 cm³/mol. The molecule has 2 aliphatic rings. The normalized spacial score (nSPS) is 36.0. The predicted octanol–water partition coefficient (Wildman–Crippen LogP) is 1.88. The van der Waals surface area contributed by atoms with E-state index in [0.29, 0.717) is 12.2 Å². The third-order valence-electron chi connectivity index (χ3n) is 3.98. The van der Waals surface area contributed by atoms with Crippen molar-refractivity contribution in [2.24, 2.45) is 5.92 Å². The molecule has 0 aromatic rings. The second kappa shape index (κ2) is 6.72. The summed E-state index contributed by atoms with van der Waals surface area (Å²) in [5.41, 5.74) is 0. The third-order valence-corrected chi connectivity index (χ3v) is 3.98. The fourth-order valence-electron chi connectivity index (χ4n) is 3.24. The first-order chi connectivity index (χ1) is 8.24. The zero-order valence-corrected chi connectivity index (χ0v) is 11.5. The van der Waals surface area contributed by atoms with Crippen LogP contribution in [0.15, 0.2) is 0 Å². The summed E-state index contributed by atoms with van der Waals surface area (Å²) in [7, 11) is 0. The van der Waals surface area contributed by atoms with Crippen molar-refractivity contribution in [1.29, 1.82) is 0 Å². The molecule has 0 aromatic carbocycles. The van der Waals surface area contributed by atoms with E-state index in [1.54, 1.807) is 0 Å². The highest BCUT2D eigenvalue weighted by Gasteiger charge is 2.22. The molecule has 0 radical (unpaired) electrons. The molecule has 2 aliphatic heterocycles. The summed E-state index contributed by atoms with van der Waals surface area (Å²) in [6, 6.07) is 0. The largest absolute Gasteiger partial charge is 0.373 e. The van der Waals surface area contributed by atoms with Gasteiger partial charge in [-0.25, -0.2) is 0 Å². The zero-order valence-electron chi connectivity index (χ0n) is 11.5. The zero-order chi connectivity index (χ0) is 12.1. The van der Waals surface area contributed by atoms with Crippen molar-refractivity contribution in [2.45, 2.75) is 51.7 Å². The molecule has 0 amide bonds. The number of hydrogen-bond acceptors (Lipinski definition) is 3. The number of rotatable bonds is 4. The minimum Gasteiger partial charge on any atom is -0.373 e. The van der Waals surface area contributed by atoms with Crippen LogP contribution in [0.4, 0.5) is 0 Å². The Kier molecular flexibility index (Phi) is 5.26. The van der Waals surface area contributed by atoms with Crippen molar-refractivity contribution < 1.29 is 4.74 Å². The number of nitrogens with one attached hydrogen (secondary N) is 1. The topological polar surface area (TPSA) is 24.5 Å². The lowest BCUT2D eigenvalue weighted by Gasteiger charge is -2.35. The van der Waals surface area contributed by atoms with E-state index in [0.717, 1.165) is 19.0 Å². The van der Waals surface area contributed by atoms with Crippen molar-refractivity contribution in [3.8, 4) is 0 Å². The molecule has 2 fully saturated rings. The van der Waals surface area contributed by atoms with Gasteiger partial charge in [-0.2, -0.15) is 0 Å². The molecule has 3 unspecified atom stereocenters. The summed E-state index contributed by atoms with van der Waals surface area (Å²) in [6.07, 6.45) is 6.38. The highest BCUT2D eigenvalue weighted by molar-refractivity contribution is 4.74. The van der Waals surface area contributed by atoms with Gasteiger partial charge in [-0.05, 0) is 65.1 Å². The van der Waals surface area contributed by atoms with Gasteiger partial charge >= 0.3 is 0 Å². The van der Waals surface area contributed by atoms with Crippen LogP contribution in [-0.4, -0.2) is 49.8 Å². The maximum absolute atomic E-state index is 5.76. The highest BCUT2D eigenvalue weighted by atomic mass is 16.5. The maximum atomic E-state index is 5.76. The first-order valence-electron chi connectivity index (χ1n) is 7.32. The lowest BCUT2D eigenvalue weighted by Crippen LogP contribution is -2.45. The molecule has 3 heteroatoms. The summed E-state index contributed by atoms with van der Waals surface area (Å²) >= 11 is 0. The van der Waals surface area contributed by atoms with Gasteiger partial charge in [0.05, 0.1) is 12.2 Å². The average molecular weight is 240 g/mol. The molecule has 0 bridgehead atoms. The molecular formula is C14H28N2O. The van der Waals surface area contributed by atoms with Crippen LogP contribution in [0, 0.1) is 5.92 Å². The third kappa shape index (κ3) is 4.57. The second-order valence-electron chi connectivity index (χ2n) is 5.87. The Morgan fingerprint density at radius 1 is 1.24 bits per heavy atom. The molecule has 1 N–H and O–H groups in total. The fraction of sp³-hybridized carbons (Fsp3) is 1.00. The van der Waals surface area contributed by atoms with Crippen LogP contribution < -0.4 is 5.32 Å². The molecule has 100 valence electrons. The van der Waals surface area contributed by atoms with E-state index in [-0.39, 0.29) is 0 Å². The Labute approximate surface area is 106 Å². The molecule has 17 heavy (non-hydrogen) atoms. The summed E-state index contributed by atoms with van der Waals surface area (Å²) in [6.45, 7) is 10.3. The van der Waals surface area contributed by atoms with Gasteiger partial charge in [-0.1, -0.05) is 0 Å². The Morgan fingerprint density at radius 3 is 2.65 bits per heavy atom. The first-order valence-corrected chi connectivity index (χ1v) is 7.32. The molecular weight excluding hydrogens is 212 g/mol. The summed E-state index contributed by atoms with van der Waals surface area (Å²) in [5.74, 6) is 0.930. The minimum absolute atomic E-state index is 0.412. The van der Waals surface area contributed by atoms with Crippen LogP contribution in [0.5, 0.6) is 0 Å². The standard InChI is InChI=1S/C14H28N2O/c1-12-10-16(11-13(2)17-12)8-4-6-14-5-3-7-15-9-14/h12-15H,3-11H2,1-2H3. The number of ether oxygens (including phenoxy) is 1. The maximum Gasteiger partial charge on any atom is 0.0678 e. The summed E-state index contributed by atoms with van der Waals surface area (Å²) in [4.78, 5) is 2.58. The SMILES string of the molecule is CC1CN(CCCC2CCCNC2)CC(C)O1. The Morgan fingerprint density at radius 2 is 2.00 bits per heavy atom. The van der Waals surface area contributed by atoms with Gasteiger partial charge in [0.1, 0.15) is 0 Å². The average Bonchev–Trinajstić information content (AvgIpc) is 2.29. The molecule has 0 saturated carbocycles. The Balaban J connectivity index is 1.60. The summed E-state index contributed by atoms with van der Waals surface area (Å²) < 4.78 is 5.76. The fourth-order valence-corrected chi connectivity index (χ4v) is 3.24. The molecule has 2 saturated heterocycles. The van der Waals surface area contributed by atoms with Gasteiger partial charge in [0.2, 0.25) is 0 Å². The smallest absolute Gasteiger partial charge is 0.0678 e. The van der Waals surface area contributed by atoms with Gasteiger partial charge in [-0.3, -0.25) is 4.90 Å². The van der Waals surface area contributed by atoms with Crippen LogP contribution in [-0.2, 0) is 4.74 Å². The van der Waals surface area contributed by atoms with Crippen LogP contribution in [0.2, 0.25) is 0 Å². The van der Waals surface area contributed by atoms with Crippen molar-refractivity contribution in [2.75, 3.05) is 32.7 Å². The van der Waals surface area contributed by atoms with Gasteiger partial charge in [0.15, 0.2) is 0 Å². The van der Waals surface area contributed by atoms with E-state index in [1.807, 2.05) is 0 Å². The van der Waals surface area contributed by atoms with Crippen molar-refractivity contribution in [3.63, 3.8) is 0 Å². The molecule has 0 spiro atoms. The van der Waals surface area contributed by atoms with E-state index in [9.17, 15) is 0 Å². The van der Waals surface area contributed by atoms with Gasteiger partial charge in [-0.15, -0.1) is 0 Å². The van der Waals surface area contributed by atoms with E-state index in [1.165, 1.54) is 45.3 Å². The van der Waals surface area contributed by atoms with Crippen LogP contribution in [0.1, 0.15) is 39.5 Å². The number of morpholine rings is 1. The molecule has 0 aromatic heterocycles. The molecule has 2 heterocycles. The van der Waals surface area contributed by atoms with E-state index < -0.39 is 0 Å². The van der Waals surface area contributed by atoms with E-state index in [2.05, 4.69) is 24.1 Å². The monoisotopic (exact) mass is 240 g/mol. The quantitative estimate of drug-likeness (QED) is 0.812. The highest BCUT2D eigenvalue weighted by Crippen LogP contribution is 2.17. The van der Waals surface area contributed by atoms with E-state index >= 15 is 0 Å². The van der Waals surface area contributed by atoms with Crippen molar-refractivity contribution >= 4 is 0 Å². The second-order valence-corrected chi connectivity index (χ2v) is 5.87. The van der Waals surface area contributed by atoms with Crippen molar-refractivity contribution in [3.05, 3.63) is 0 Å².